The van der Waals surface area contributed by atoms with Crippen LogP contribution in [0.25, 0.3) is 82.8 Å². The summed E-state index contributed by atoms with van der Waals surface area (Å²) in [5.41, 5.74) is 12.4. The summed E-state index contributed by atoms with van der Waals surface area (Å²) in [5, 5.41) is 4.82. The molecule has 9 rings (SSSR count). The number of nitrogens with zero attached hydrogens (tertiary/aromatic N) is 1. The molecule has 2 aromatic heterocycles. The molecule has 2 heterocycles. The summed E-state index contributed by atoms with van der Waals surface area (Å²) in [6, 6.07) is 58.5. The van der Waals surface area contributed by atoms with Crippen LogP contribution >= 0.6 is 0 Å². The molecule has 2 nitrogen and oxygen atoms in total. The second kappa shape index (κ2) is 9.86. The van der Waals surface area contributed by atoms with E-state index in [2.05, 4.69) is 156 Å². The molecule has 2 heteroatoms. The Bertz CT molecular complexity index is 2430. The molecule has 9 aromatic rings. The third-order valence-corrected chi connectivity index (χ3v) is 8.79. The molecule has 0 aliphatic rings. The maximum absolute atomic E-state index is 6.45. The lowest BCUT2D eigenvalue weighted by molar-refractivity contribution is 0.670. The van der Waals surface area contributed by atoms with Crippen molar-refractivity contribution in [2.75, 3.05) is 0 Å². The van der Waals surface area contributed by atoms with Gasteiger partial charge in [-0.2, -0.15) is 0 Å². The van der Waals surface area contributed by atoms with Gasteiger partial charge in [-0.15, -0.1) is 0 Å². The van der Waals surface area contributed by atoms with E-state index < -0.39 is 0 Å². The Morgan fingerprint density at radius 3 is 1.61 bits per heavy atom. The molecular formula is C42H27NO. The Morgan fingerprint density at radius 2 is 0.909 bits per heavy atom. The summed E-state index contributed by atoms with van der Waals surface area (Å²) in [4.78, 5) is 0. The minimum atomic E-state index is 0.912. The van der Waals surface area contributed by atoms with Crippen LogP contribution < -0.4 is 0 Å². The van der Waals surface area contributed by atoms with Gasteiger partial charge in [0.25, 0.3) is 0 Å². The predicted octanol–water partition coefficient (Wildman–Crippen LogP) is 11.7. The highest BCUT2D eigenvalue weighted by atomic mass is 16.3. The number of aromatic nitrogens is 1. The fourth-order valence-corrected chi connectivity index (χ4v) is 6.73. The van der Waals surface area contributed by atoms with Crippen molar-refractivity contribution in [1.29, 1.82) is 0 Å². The van der Waals surface area contributed by atoms with Crippen molar-refractivity contribution in [2.24, 2.45) is 0 Å². The van der Waals surface area contributed by atoms with E-state index >= 15 is 0 Å². The topological polar surface area (TPSA) is 18.1 Å². The lowest BCUT2D eigenvalue weighted by Crippen LogP contribution is -1.93. The first kappa shape index (κ1) is 24.7. The molecule has 44 heavy (non-hydrogen) atoms. The Labute approximate surface area is 255 Å². The van der Waals surface area contributed by atoms with Crippen molar-refractivity contribution in [3.63, 3.8) is 0 Å². The van der Waals surface area contributed by atoms with E-state index in [9.17, 15) is 0 Å². The zero-order chi connectivity index (χ0) is 29.0. The van der Waals surface area contributed by atoms with Gasteiger partial charge >= 0.3 is 0 Å². The van der Waals surface area contributed by atoms with Crippen LogP contribution in [0.2, 0.25) is 0 Å². The largest absolute Gasteiger partial charge is 0.455 e. The number of para-hydroxylation sites is 4. The highest BCUT2D eigenvalue weighted by Gasteiger charge is 2.15. The van der Waals surface area contributed by atoms with Crippen molar-refractivity contribution in [3.8, 4) is 39.1 Å². The molecule has 0 saturated carbocycles. The van der Waals surface area contributed by atoms with E-state index in [4.69, 9.17) is 4.42 Å². The zero-order valence-corrected chi connectivity index (χ0v) is 23.9. The molecule has 0 aliphatic heterocycles. The van der Waals surface area contributed by atoms with Crippen molar-refractivity contribution in [1.82, 2.24) is 4.57 Å². The number of fused-ring (bicyclic) bond motifs is 6. The van der Waals surface area contributed by atoms with Crippen LogP contribution in [0.4, 0.5) is 0 Å². The summed E-state index contributed by atoms with van der Waals surface area (Å²) < 4.78 is 8.82. The molecule has 7 aromatic carbocycles. The first-order valence-corrected chi connectivity index (χ1v) is 15.0. The molecule has 0 atom stereocenters. The summed E-state index contributed by atoms with van der Waals surface area (Å²) >= 11 is 0. The van der Waals surface area contributed by atoms with Gasteiger partial charge in [0.2, 0.25) is 0 Å². The monoisotopic (exact) mass is 561 g/mol. The Balaban J connectivity index is 1.22. The third-order valence-electron chi connectivity index (χ3n) is 8.79. The highest BCUT2D eigenvalue weighted by molar-refractivity contribution is 6.10. The summed E-state index contributed by atoms with van der Waals surface area (Å²) in [7, 11) is 0. The Kier molecular flexibility index (Phi) is 5.54. The standard InChI is InChI=1S/C42H27NO/c1-2-11-28(12-3-1)30-25-31(27-32(26-30)34-16-10-17-38-37-15-6-9-20-41(37)44-42(34)38)29-21-23-33(24-22-29)43-39-18-7-4-13-35(39)36-14-5-8-19-40(36)43/h1-27H. The maximum Gasteiger partial charge on any atom is 0.143 e. The predicted molar refractivity (Wildman–Crippen MR) is 184 cm³/mol. The van der Waals surface area contributed by atoms with E-state index in [0.29, 0.717) is 0 Å². The zero-order valence-electron chi connectivity index (χ0n) is 23.9. The van der Waals surface area contributed by atoms with E-state index in [0.717, 1.165) is 38.8 Å². The fourth-order valence-electron chi connectivity index (χ4n) is 6.73. The molecule has 0 bridgehead atoms. The normalized spacial score (nSPS) is 11.6. The van der Waals surface area contributed by atoms with Gasteiger partial charge in [0.05, 0.1) is 11.0 Å². The van der Waals surface area contributed by atoms with Crippen LogP contribution in [0.5, 0.6) is 0 Å². The maximum atomic E-state index is 6.45. The number of hydrogen-bond donors (Lipinski definition) is 0. The smallest absolute Gasteiger partial charge is 0.143 e. The lowest BCUT2D eigenvalue weighted by atomic mass is 9.92. The van der Waals surface area contributed by atoms with Gasteiger partial charge in [0.1, 0.15) is 11.2 Å². The molecule has 0 fully saturated rings. The molecule has 0 unspecified atom stereocenters. The summed E-state index contributed by atoms with van der Waals surface area (Å²) in [5.74, 6) is 0. The van der Waals surface area contributed by atoms with Gasteiger partial charge in [-0.05, 0) is 76.3 Å². The summed E-state index contributed by atoms with van der Waals surface area (Å²) in [6.07, 6.45) is 0. The molecular weight excluding hydrogens is 534 g/mol. The lowest BCUT2D eigenvalue weighted by Gasteiger charge is -2.13. The first-order chi connectivity index (χ1) is 21.8. The molecule has 0 aliphatic carbocycles. The van der Waals surface area contributed by atoms with Gasteiger partial charge in [0, 0.05) is 32.8 Å². The van der Waals surface area contributed by atoms with E-state index in [1.165, 1.54) is 44.1 Å². The Morgan fingerprint density at radius 1 is 0.364 bits per heavy atom. The molecule has 0 amide bonds. The van der Waals surface area contributed by atoms with Crippen LogP contribution in [-0.4, -0.2) is 4.57 Å². The molecule has 0 spiro atoms. The molecule has 0 radical (unpaired) electrons. The molecule has 206 valence electrons. The average molecular weight is 562 g/mol. The Hall–Kier alpha value is -5.86. The SMILES string of the molecule is c1ccc(-c2cc(-c3ccc(-n4c5ccccc5c5ccccc54)cc3)cc(-c3cccc4c3oc3ccccc34)c2)cc1. The van der Waals surface area contributed by atoms with Gasteiger partial charge in [-0.1, -0.05) is 115 Å². The van der Waals surface area contributed by atoms with Gasteiger partial charge < -0.3 is 8.98 Å². The number of hydrogen-bond acceptors (Lipinski definition) is 1. The van der Waals surface area contributed by atoms with Crippen LogP contribution in [0, 0.1) is 0 Å². The van der Waals surface area contributed by atoms with Crippen LogP contribution in [0.1, 0.15) is 0 Å². The minimum absolute atomic E-state index is 0.912. The van der Waals surface area contributed by atoms with Crippen molar-refractivity contribution < 1.29 is 4.42 Å². The quantitative estimate of drug-likeness (QED) is 0.209. The number of benzene rings is 7. The molecule has 0 N–H and O–H groups in total. The highest BCUT2D eigenvalue weighted by Crippen LogP contribution is 2.39. The average Bonchev–Trinajstić information content (AvgIpc) is 3.65. The van der Waals surface area contributed by atoms with Crippen LogP contribution in [0.3, 0.4) is 0 Å². The molecule has 0 saturated heterocycles. The van der Waals surface area contributed by atoms with Gasteiger partial charge in [0.15, 0.2) is 0 Å². The second-order valence-electron chi connectivity index (χ2n) is 11.4. The third kappa shape index (κ3) is 3.89. The number of rotatable bonds is 4. The van der Waals surface area contributed by atoms with Crippen LogP contribution in [-0.2, 0) is 0 Å². The van der Waals surface area contributed by atoms with E-state index in [-0.39, 0.29) is 0 Å². The van der Waals surface area contributed by atoms with Gasteiger partial charge in [-0.3, -0.25) is 0 Å². The number of furan rings is 1. The van der Waals surface area contributed by atoms with Crippen molar-refractivity contribution >= 4 is 43.7 Å². The fraction of sp³-hybridized carbons (Fsp3) is 0. The van der Waals surface area contributed by atoms with Crippen LogP contribution in [0.15, 0.2) is 168 Å². The van der Waals surface area contributed by atoms with E-state index in [1.54, 1.807) is 0 Å². The van der Waals surface area contributed by atoms with Crippen molar-refractivity contribution in [3.05, 3.63) is 164 Å². The van der Waals surface area contributed by atoms with Gasteiger partial charge in [-0.25, -0.2) is 0 Å². The first-order valence-electron chi connectivity index (χ1n) is 15.0. The van der Waals surface area contributed by atoms with Crippen molar-refractivity contribution in [2.45, 2.75) is 0 Å². The van der Waals surface area contributed by atoms with E-state index in [1.807, 2.05) is 12.1 Å². The minimum Gasteiger partial charge on any atom is -0.455 e. The second-order valence-corrected chi connectivity index (χ2v) is 11.4. The summed E-state index contributed by atoms with van der Waals surface area (Å²) in [6.45, 7) is 0.